The minimum atomic E-state index is -0.731. The lowest BCUT2D eigenvalue weighted by Crippen LogP contribution is -2.32. The van der Waals surface area contributed by atoms with Crippen molar-refractivity contribution in [1.82, 2.24) is 15.2 Å². The third-order valence-electron chi connectivity index (χ3n) is 7.49. The molecule has 1 amide bonds. The molecule has 3 aliphatic rings. The maximum atomic E-state index is 13.3. The monoisotopic (exact) mass is 540 g/mol. The normalized spacial score (nSPS) is 21.5. The Hall–Kier alpha value is -4.02. The van der Waals surface area contributed by atoms with Crippen LogP contribution in [0.1, 0.15) is 42.3 Å². The van der Waals surface area contributed by atoms with Gasteiger partial charge in [-0.3, -0.25) is 4.79 Å². The van der Waals surface area contributed by atoms with Gasteiger partial charge in [0.15, 0.2) is 5.69 Å². The number of fused-ring (bicyclic) bond motifs is 1. The number of benzene rings is 2. The lowest BCUT2D eigenvalue weighted by atomic mass is 9.96. The zero-order valence-electron chi connectivity index (χ0n) is 21.4. The fourth-order valence-electron chi connectivity index (χ4n) is 4.91. The largest absolute Gasteiger partial charge is 0.402 e. The van der Waals surface area contributed by atoms with Crippen molar-refractivity contribution in [2.24, 2.45) is 0 Å². The minimum absolute atomic E-state index is 0.110. The number of nitrogens with zero attached hydrogens (tertiary/aromatic N) is 3. The van der Waals surface area contributed by atoms with Gasteiger partial charge in [0, 0.05) is 23.3 Å². The number of ether oxygens (including phenoxy) is 1. The van der Waals surface area contributed by atoms with Crippen molar-refractivity contribution in [3.63, 3.8) is 0 Å². The average Bonchev–Trinajstić information content (AvgIpc) is 3.33. The molecule has 198 valence electrons. The second-order valence-electron chi connectivity index (χ2n) is 10.5. The van der Waals surface area contributed by atoms with E-state index in [1.54, 1.807) is 11.3 Å². The maximum absolute atomic E-state index is 13.3. The summed E-state index contributed by atoms with van der Waals surface area (Å²) >= 11 is 1.65. The molecule has 39 heavy (non-hydrogen) atoms. The predicted molar refractivity (Wildman–Crippen MR) is 151 cm³/mol. The molecule has 1 aliphatic carbocycles. The Morgan fingerprint density at radius 2 is 1.87 bits per heavy atom. The molecule has 2 atom stereocenters. The SMILES string of the molecule is CC1(c2nc(-c3nnc(N[C@H]4C=C(c5ccccc5)c5ccccc5NC4=O)o3)c(N[C@@H]3CCOC3)s2)CC1. The number of carbonyl (C=O) groups is 1. The lowest BCUT2D eigenvalue weighted by molar-refractivity contribution is -0.116. The number of carbonyl (C=O) groups excluding carboxylic acids is 1. The summed E-state index contributed by atoms with van der Waals surface area (Å²) in [4.78, 5) is 18.2. The molecule has 2 aromatic heterocycles. The molecular formula is C29H28N6O3S. The van der Waals surface area contributed by atoms with Crippen molar-refractivity contribution in [2.75, 3.05) is 29.2 Å². The average molecular weight is 541 g/mol. The summed E-state index contributed by atoms with van der Waals surface area (Å²) in [5.74, 6) is 0.101. The van der Waals surface area contributed by atoms with Gasteiger partial charge in [-0.25, -0.2) is 4.98 Å². The Balaban J connectivity index is 1.20. The van der Waals surface area contributed by atoms with Crippen LogP contribution in [0.3, 0.4) is 0 Å². The van der Waals surface area contributed by atoms with E-state index in [0.29, 0.717) is 18.2 Å². The topological polar surface area (TPSA) is 114 Å². The van der Waals surface area contributed by atoms with Gasteiger partial charge in [0.1, 0.15) is 16.1 Å². The quantitative estimate of drug-likeness (QED) is 0.289. The van der Waals surface area contributed by atoms with Gasteiger partial charge in [0.05, 0.1) is 12.6 Å². The van der Waals surface area contributed by atoms with Gasteiger partial charge in [-0.2, -0.15) is 0 Å². The number of amides is 1. The van der Waals surface area contributed by atoms with Crippen LogP contribution >= 0.6 is 11.3 Å². The van der Waals surface area contributed by atoms with Crippen LogP contribution in [-0.2, 0) is 14.9 Å². The van der Waals surface area contributed by atoms with Crippen molar-refractivity contribution >= 4 is 39.5 Å². The fourth-order valence-corrected chi connectivity index (χ4v) is 6.15. The van der Waals surface area contributed by atoms with Gasteiger partial charge in [-0.1, -0.05) is 60.6 Å². The molecule has 2 aliphatic heterocycles. The highest BCUT2D eigenvalue weighted by Gasteiger charge is 2.43. The number of hydrogen-bond acceptors (Lipinski definition) is 9. The first-order chi connectivity index (χ1) is 19.1. The number of rotatable bonds is 7. The standard InChI is InChI=1S/C29H28N6O3S/c1-29(12-13-29)27-33-23(26(39-27)30-18-11-14-37-16-18)25-34-35-28(38-25)32-22-15-20(17-7-3-2-4-8-17)19-9-5-6-10-21(19)31-24(22)36/h2-10,15,18,22,30H,11-14,16H2,1H3,(H,31,36)(H,32,35)/t18-,22+/m1/s1. The molecule has 0 bridgehead atoms. The van der Waals surface area contributed by atoms with Gasteiger partial charge in [0.2, 0.25) is 0 Å². The van der Waals surface area contributed by atoms with E-state index >= 15 is 0 Å². The lowest BCUT2D eigenvalue weighted by Gasteiger charge is -2.12. The van der Waals surface area contributed by atoms with E-state index in [4.69, 9.17) is 14.1 Å². The summed E-state index contributed by atoms with van der Waals surface area (Å²) in [5, 5.41) is 20.3. The molecule has 9 nitrogen and oxygen atoms in total. The van der Waals surface area contributed by atoms with E-state index in [-0.39, 0.29) is 23.4 Å². The Morgan fingerprint density at radius 1 is 1.05 bits per heavy atom. The third kappa shape index (κ3) is 4.70. The third-order valence-corrected chi connectivity index (χ3v) is 8.78. The Morgan fingerprint density at radius 3 is 2.67 bits per heavy atom. The van der Waals surface area contributed by atoms with Gasteiger partial charge < -0.3 is 25.1 Å². The molecule has 10 heteroatoms. The predicted octanol–water partition coefficient (Wildman–Crippen LogP) is 5.31. The van der Waals surface area contributed by atoms with Crippen LogP contribution in [0.5, 0.6) is 0 Å². The number of aromatic nitrogens is 3. The molecular weight excluding hydrogens is 512 g/mol. The van der Waals surface area contributed by atoms with Crippen molar-refractivity contribution in [2.45, 2.75) is 43.7 Å². The highest BCUT2D eigenvalue weighted by molar-refractivity contribution is 7.16. The highest BCUT2D eigenvalue weighted by Crippen LogP contribution is 2.51. The Labute approximate surface area is 229 Å². The van der Waals surface area contributed by atoms with E-state index in [1.807, 2.05) is 60.7 Å². The van der Waals surface area contributed by atoms with E-state index in [0.717, 1.165) is 58.3 Å². The molecule has 0 spiro atoms. The first-order valence-electron chi connectivity index (χ1n) is 13.2. The van der Waals surface area contributed by atoms with E-state index in [1.165, 1.54) is 0 Å². The molecule has 1 saturated heterocycles. The molecule has 1 saturated carbocycles. The van der Waals surface area contributed by atoms with Crippen LogP contribution in [0.25, 0.3) is 17.2 Å². The van der Waals surface area contributed by atoms with Crippen LogP contribution in [0.2, 0.25) is 0 Å². The molecule has 0 unspecified atom stereocenters. The van der Waals surface area contributed by atoms with E-state index in [2.05, 4.69) is 33.1 Å². The summed E-state index contributed by atoms with van der Waals surface area (Å²) in [6, 6.07) is 17.4. The molecule has 2 aromatic carbocycles. The van der Waals surface area contributed by atoms with Crippen molar-refractivity contribution < 1.29 is 13.9 Å². The molecule has 0 radical (unpaired) electrons. The van der Waals surface area contributed by atoms with Gasteiger partial charge in [-0.05, 0) is 42.5 Å². The van der Waals surface area contributed by atoms with Crippen LogP contribution in [0.4, 0.5) is 16.7 Å². The van der Waals surface area contributed by atoms with Crippen LogP contribution < -0.4 is 16.0 Å². The Kier molecular flexibility index (Phi) is 5.93. The first-order valence-corrected chi connectivity index (χ1v) is 14.0. The molecule has 4 aromatic rings. The smallest absolute Gasteiger partial charge is 0.316 e. The molecule has 3 N–H and O–H groups in total. The van der Waals surface area contributed by atoms with Crippen molar-refractivity contribution in [1.29, 1.82) is 0 Å². The van der Waals surface area contributed by atoms with Crippen LogP contribution in [0, 0.1) is 0 Å². The zero-order chi connectivity index (χ0) is 26.4. The van der Waals surface area contributed by atoms with Gasteiger partial charge in [-0.15, -0.1) is 16.4 Å². The number of anilines is 3. The van der Waals surface area contributed by atoms with Crippen molar-refractivity contribution in [3.05, 3.63) is 76.8 Å². The van der Waals surface area contributed by atoms with Gasteiger partial charge in [0.25, 0.3) is 11.8 Å². The summed E-state index contributed by atoms with van der Waals surface area (Å²) in [6.07, 6.45) is 5.09. The highest BCUT2D eigenvalue weighted by atomic mass is 32.1. The van der Waals surface area contributed by atoms with Crippen LogP contribution in [0.15, 0.2) is 65.1 Å². The van der Waals surface area contributed by atoms with Gasteiger partial charge >= 0.3 is 6.01 Å². The number of hydrogen-bond donors (Lipinski definition) is 3. The second-order valence-corrected chi connectivity index (χ2v) is 11.5. The number of para-hydroxylation sites is 1. The second kappa shape index (κ2) is 9.62. The van der Waals surface area contributed by atoms with Crippen molar-refractivity contribution in [3.8, 4) is 11.6 Å². The summed E-state index contributed by atoms with van der Waals surface area (Å²) in [6.45, 7) is 3.64. The maximum Gasteiger partial charge on any atom is 0.316 e. The fraction of sp³-hybridized carbons (Fsp3) is 0.310. The molecule has 2 fully saturated rings. The van der Waals surface area contributed by atoms with Crippen LogP contribution in [-0.4, -0.2) is 46.4 Å². The number of thiazole rings is 1. The number of nitrogens with one attached hydrogen (secondary N) is 3. The summed E-state index contributed by atoms with van der Waals surface area (Å²) in [7, 11) is 0. The molecule has 4 heterocycles. The summed E-state index contributed by atoms with van der Waals surface area (Å²) < 4.78 is 11.6. The minimum Gasteiger partial charge on any atom is -0.402 e. The van der Waals surface area contributed by atoms with E-state index < -0.39 is 6.04 Å². The first kappa shape index (κ1) is 24.1. The Bertz CT molecular complexity index is 1550. The molecule has 7 rings (SSSR count). The van der Waals surface area contributed by atoms with E-state index in [9.17, 15) is 4.79 Å². The zero-order valence-corrected chi connectivity index (χ0v) is 22.3. The summed E-state index contributed by atoms with van der Waals surface area (Å²) in [5.41, 5.74) is 4.40.